The van der Waals surface area contributed by atoms with Crippen LogP contribution in [-0.4, -0.2) is 6.04 Å². The van der Waals surface area contributed by atoms with Crippen LogP contribution >= 0.6 is 0 Å². The molecule has 2 saturated carbocycles. The van der Waals surface area contributed by atoms with E-state index >= 15 is 0 Å². The summed E-state index contributed by atoms with van der Waals surface area (Å²) in [4.78, 5) is 0. The lowest BCUT2D eigenvalue weighted by atomic mass is 9.79. The van der Waals surface area contributed by atoms with Crippen LogP contribution in [0, 0.1) is 5.92 Å². The van der Waals surface area contributed by atoms with Gasteiger partial charge < -0.3 is 5.32 Å². The van der Waals surface area contributed by atoms with Gasteiger partial charge in [-0.15, -0.1) is 0 Å². The molecule has 0 spiro atoms. The van der Waals surface area contributed by atoms with Crippen LogP contribution in [0.5, 0.6) is 0 Å². The highest BCUT2D eigenvalue weighted by Gasteiger charge is 2.28. The lowest BCUT2D eigenvalue weighted by Gasteiger charge is -2.37. The second-order valence-corrected chi connectivity index (χ2v) is 6.08. The summed E-state index contributed by atoms with van der Waals surface area (Å²) < 4.78 is 0. The van der Waals surface area contributed by atoms with Gasteiger partial charge in [-0.25, -0.2) is 0 Å². The lowest BCUT2D eigenvalue weighted by molar-refractivity contribution is 0.218. The standard InChI is InChI=1S/C17H25N/c1-3-8-14(9-4-1)17(18-16-12-7-13-16)15-10-5-2-6-11-15/h1,3-4,8-9,15-18H,2,5-7,10-13H2. The zero-order valence-corrected chi connectivity index (χ0v) is 11.3. The first-order chi connectivity index (χ1) is 8.93. The lowest BCUT2D eigenvalue weighted by Crippen LogP contribution is -2.41. The monoisotopic (exact) mass is 243 g/mol. The highest BCUT2D eigenvalue weighted by molar-refractivity contribution is 5.20. The summed E-state index contributed by atoms with van der Waals surface area (Å²) in [7, 11) is 0. The summed E-state index contributed by atoms with van der Waals surface area (Å²) in [5.41, 5.74) is 1.51. The fraction of sp³-hybridized carbons (Fsp3) is 0.647. The SMILES string of the molecule is c1ccc(C(NC2CCC2)C2CCCCC2)cc1. The van der Waals surface area contributed by atoms with Gasteiger partial charge in [-0.05, 0) is 37.2 Å². The third kappa shape index (κ3) is 2.77. The number of hydrogen-bond donors (Lipinski definition) is 1. The Labute approximate surface area is 111 Å². The maximum atomic E-state index is 3.94. The van der Waals surface area contributed by atoms with Crippen LogP contribution < -0.4 is 5.32 Å². The van der Waals surface area contributed by atoms with Crippen molar-refractivity contribution in [3.8, 4) is 0 Å². The molecule has 0 amide bonds. The first-order valence-corrected chi connectivity index (χ1v) is 7.74. The number of nitrogens with one attached hydrogen (secondary N) is 1. The molecule has 1 nitrogen and oxygen atoms in total. The molecular weight excluding hydrogens is 218 g/mol. The predicted molar refractivity (Wildman–Crippen MR) is 76.5 cm³/mol. The molecule has 2 aliphatic rings. The van der Waals surface area contributed by atoms with Crippen molar-refractivity contribution in [2.75, 3.05) is 0 Å². The molecule has 2 fully saturated rings. The summed E-state index contributed by atoms with van der Waals surface area (Å²) in [5, 5.41) is 3.94. The van der Waals surface area contributed by atoms with E-state index in [0.717, 1.165) is 12.0 Å². The van der Waals surface area contributed by atoms with Gasteiger partial charge in [0.1, 0.15) is 0 Å². The van der Waals surface area contributed by atoms with E-state index in [1.54, 1.807) is 0 Å². The molecule has 1 atom stereocenters. The molecule has 0 bridgehead atoms. The highest BCUT2D eigenvalue weighted by atomic mass is 15.0. The van der Waals surface area contributed by atoms with Crippen molar-refractivity contribution in [2.24, 2.45) is 5.92 Å². The molecule has 1 heteroatoms. The molecular formula is C17H25N. The van der Waals surface area contributed by atoms with Crippen molar-refractivity contribution in [3.63, 3.8) is 0 Å². The van der Waals surface area contributed by atoms with Crippen molar-refractivity contribution in [2.45, 2.75) is 63.5 Å². The van der Waals surface area contributed by atoms with Crippen LogP contribution in [0.25, 0.3) is 0 Å². The maximum Gasteiger partial charge on any atom is 0.0351 e. The summed E-state index contributed by atoms with van der Waals surface area (Å²) in [6.07, 6.45) is 11.3. The van der Waals surface area contributed by atoms with Crippen molar-refractivity contribution >= 4 is 0 Å². The normalized spacial score (nSPS) is 23.6. The molecule has 98 valence electrons. The van der Waals surface area contributed by atoms with E-state index in [1.807, 2.05) is 0 Å². The van der Waals surface area contributed by atoms with E-state index < -0.39 is 0 Å². The van der Waals surface area contributed by atoms with Crippen LogP contribution in [-0.2, 0) is 0 Å². The average Bonchev–Trinajstić information content (AvgIpc) is 2.40. The van der Waals surface area contributed by atoms with Crippen molar-refractivity contribution in [3.05, 3.63) is 35.9 Å². The average molecular weight is 243 g/mol. The number of hydrogen-bond acceptors (Lipinski definition) is 1. The van der Waals surface area contributed by atoms with E-state index in [-0.39, 0.29) is 0 Å². The van der Waals surface area contributed by atoms with Gasteiger partial charge in [-0.1, -0.05) is 56.0 Å². The first-order valence-electron chi connectivity index (χ1n) is 7.74. The summed E-state index contributed by atoms with van der Waals surface area (Å²) in [6.45, 7) is 0. The van der Waals surface area contributed by atoms with Gasteiger partial charge in [-0.2, -0.15) is 0 Å². The Kier molecular flexibility index (Phi) is 3.99. The zero-order valence-electron chi connectivity index (χ0n) is 11.3. The molecule has 1 N–H and O–H groups in total. The zero-order chi connectivity index (χ0) is 12.2. The molecule has 18 heavy (non-hydrogen) atoms. The third-order valence-electron chi connectivity index (χ3n) is 4.80. The maximum absolute atomic E-state index is 3.94. The van der Waals surface area contributed by atoms with Gasteiger partial charge in [0.15, 0.2) is 0 Å². The topological polar surface area (TPSA) is 12.0 Å². The number of benzene rings is 1. The molecule has 0 radical (unpaired) electrons. The van der Waals surface area contributed by atoms with Crippen molar-refractivity contribution in [1.29, 1.82) is 0 Å². The van der Waals surface area contributed by atoms with Crippen LogP contribution in [0.2, 0.25) is 0 Å². The van der Waals surface area contributed by atoms with E-state index in [1.165, 1.54) is 56.9 Å². The molecule has 0 aliphatic heterocycles. The summed E-state index contributed by atoms with van der Waals surface area (Å²) in [5.74, 6) is 0.863. The molecule has 0 saturated heterocycles. The van der Waals surface area contributed by atoms with Gasteiger partial charge in [0.2, 0.25) is 0 Å². The molecule has 2 aliphatic carbocycles. The Morgan fingerprint density at radius 3 is 2.17 bits per heavy atom. The van der Waals surface area contributed by atoms with Crippen molar-refractivity contribution in [1.82, 2.24) is 5.32 Å². The van der Waals surface area contributed by atoms with Gasteiger partial charge in [0.05, 0.1) is 0 Å². The Balaban J connectivity index is 1.73. The van der Waals surface area contributed by atoms with E-state index in [9.17, 15) is 0 Å². The van der Waals surface area contributed by atoms with Gasteiger partial charge >= 0.3 is 0 Å². The Morgan fingerprint density at radius 1 is 0.833 bits per heavy atom. The fourth-order valence-electron chi connectivity index (χ4n) is 3.46. The van der Waals surface area contributed by atoms with E-state index in [4.69, 9.17) is 0 Å². The minimum atomic E-state index is 0.608. The largest absolute Gasteiger partial charge is 0.307 e. The van der Waals surface area contributed by atoms with Gasteiger partial charge in [-0.3, -0.25) is 0 Å². The summed E-state index contributed by atoms with van der Waals surface area (Å²) in [6, 6.07) is 12.5. The summed E-state index contributed by atoms with van der Waals surface area (Å²) >= 11 is 0. The number of rotatable bonds is 4. The van der Waals surface area contributed by atoms with E-state index in [0.29, 0.717) is 6.04 Å². The molecule has 0 heterocycles. The van der Waals surface area contributed by atoms with Crippen LogP contribution in [0.4, 0.5) is 0 Å². The molecule has 1 unspecified atom stereocenters. The molecule has 1 aromatic carbocycles. The van der Waals surface area contributed by atoms with Crippen molar-refractivity contribution < 1.29 is 0 Å². The van der Waals surface area contributed by atoms with Crippen LogP contribution in [0.3, 0.4) is 0 Å². The second-order valence-electron chi connectivity index (χ2n) is 6.08. The minimum absolute atomic E-state index is 0.608. The van der Waals surface area contributed by atoms with Crippen LogP contribution in [0.15, 0.2) is 30.3 Å². The van der Waals surface area contributed by atoms with Crippen LogP contribution in [0.1, 0.15) is 63.0 Å². The Morgan fingerprint density at radius 2 is 1.56 bits per heavy atom. The Hall–Kier alpha value is -0.820. The predicted octanol–water partition coefficient (Wildman–Crippen LogP) is 4.45. The second kappa shape index (κ2) is 5.88. The highest BCUT2D eigenvalue weighted by Crippen LogP contribution is 2.36. The quantitative estimate of drug-likeness (QED) is 0.823. The Bertz CT molecular complexity index is 349. The smallest absolute Gasteiger partial charge is 0.0351 e. The molecule has 0 aromatic heterocycles. The van der Waals surface area contributed by atoms with E-state index in [2.05, 4.69) is 35.6 Å². The minimum Gasteiger partial charge on any atom is -0.307 e. The molecule has 1 aromatic rings. The molecule has 3 rings (SSSR count). The van der Waals surface area contributed by atoms with Gasteiger partial charge in [0, 0.05) is 12.1 Å². The first kappa shape index (κ1) is 12.2. The fourth-order valence-corrected chi connectivity index (χ4v) is 3.46. The third-order valence-corrected chi connectivity index (χ3v) is 4.80. The van der Waals surface area contributed by atoms with Gasteiger partial charge in [0.25, 0.3) is 0 Å².